The third-order valence-corrected chi connectivity index (χ3v) is 8.28. The lowest BCUT2D eigenvalue weighted by Crippen LogP contribution is -2.57. The van der Waals surface area contributed by atoms with Crippen LogP contribution < -0.4 is 5.32 Å². The number of nitrogens with zero attached hydrogens (tertiary/aromatic N) is 2. The second-order valence-electron chi connectivity index (χ2n) is 10.8. The number of likely N-dealkylation sites (N-methyl/N-ethyl adjacent to an activating group) is 1. The summed E-state index contributed by atoms with van der Waals surface area (Å²) in [5.74, 6) is -3.73. The van der Waals surface area contributed by atoms with Crippen molar-refractivity contribution >= 4 is 5.91 Å². The number of piperazine rings is 1. The number of hydrogen-bond donors (Lipinski definition) is 1. The lowest BCUT2D eigenvalue weighted by atomic mass is 9.73. The predicted molar refractivity (Wildman–Crippen MR) is 118 cm³/mol. The van der Waals surface area contributed by atoms with Crippen LogP contribution in [0, 0.1) is 29.6 Å². The minimum Gasteiger partial charge on any atom is -0.344 e. The zero-order valence-electron chi connectivity index (χ0n) is 20.2. The van der Waals surface area contributed by atoms with Gasteiger partial charge in [0.05, 0.1) is 17.9 Å². The molecule has 0 spiro atoms. The summed E-state index contributed by atoms with van der Waals surface area (Å²) >= 11 is 0. The summed E-state index contributed by atoms with van der Waals surface area (Å²) in [6.45, 7) is 5.53. The maximum Gasteiger partial charge on any atom is 0.391 e. The fourth-order valence-electron chi connectivity index (χ4n) is 6.14. The third kappa shape index (κ3) is 7.24. The summed E-state index contributed by atoms with van der Waals surface area (Å²) in [4.78, 5) is 17.3. The first kappa shape index (κ1) is 27.6. The molecule has 0 bridgehead atoms. The normalized spacial score (nSPS) is 32.9. The number of halogens is 6. The first-order valence-electron chi connectivity index (χ1n) is 12.7. The monoisotopic (exact) mass is 499 g/mol. The van der Waals surface area contributed by atoms with Gasteiger partial charge >= 0.3 is 12.4 Å². The summed E-state index contributed by atoms with van der Waals surface area (Å²) in [7, 11) is 1.65. The minimum absolute atomic E-state index is 0.0444. The maximum atomic E-state index is 13.5. The molecular weight excluding hydrogens is 460 g/mol. The molecule has 0 aromatic heterocycles. The van der Waals surface area contributed by atoms with Gasteiger partial charge in [-0.05, 0) is 56.3 Å². The van der Waals surface area contributed by atoms with Crippen molar-refractivity contribution in [2.24, 2.45) is 29.6 Å². The van der Waals surface area contributed by atoms with Gasteiger partial charge in [-0.15, -0.1) is 0 Å². The highest BCUT2D eigenvalue weighted by atomic mass is 19.4. The number of nitrogens with one attached hydrogen (secondary N) is 1. The van der Waals surface area contributed by atoms with Gasteiger partial charge in [-0.2, -0.15) is 26.3 Å². The van der Waals surface area contributed by atoms with Crippen LogP contribution in [0.15, 0.2) is 0 Å². The van der Waals surface area contributed by atoms with Crippen LogP contribution in [0.3, 0.4) is 0 Å². The molecule has 0 aromatic carbocycles. The summed E-state index contributed by atoms with van der Waals surface area (Å²) in [6.07, 6.45) is -6.48. The van der Waals surface area contributed by atoms with Crippen molar-refractivity contribution in [2.75, 3.05) is 39.8 Å². The fourth-order valence-corrected chi connectivity index (χ4v) is 6.14. The highest BCUT2D eigenvalue weighted by Crippen LogP contribution is 2.48. The molecule has 3 rings (SSSR count). The number of hydrogen-bond acceptors (Lipinski definition) is 3. The number of amides is 1. The molecule has 1 N–H and O–H groups in total. The van der Waals surface area contributed by atoms with Gasteiger partial charge in [-0.3, -0.25) is 9.69 Å². The van der Waals surface area contributed by atoms with E-state index in [4.69, 9.17) is 0 Å². The van der Waals surface area contributed by atoms with Gasteiger partial charge in [-0.1, -0.05) is 19.8 Å². The van der Waals surface area contributed by atoms with Crippen molar-refractivity contribution in [3.63, 3.8) is 0 Å². The van der Waals surface area contributed by atoms with Crippen LogP contribution >= 0.6 is 0 Å². The highest BCUT2D eigenvalue weighted by Gasteiger charge is 2.51. The predicted octanol–water partition coefficient (Wildman–Crippen LogP) is 5.09. The van der Waals surface area contributed by atoms with Gasteiger partial charge in [0.1, 0.15) is 0 Å². The van der Waals surface area contributed by atoms with E-state index in [1.54, 1.807) is 11.9 Å². The van der Waals surface area contributed by atoms with Crippen LogP contribution in [-0.4, -0.2) is 73.9 Å². The van der Waals surface area contributed by atoms with Crippen molar-refractivity contribution in [1.82, 2.24) is 15.1 Å². The number of rotatable bonds is 6. The van der Waals surface area contributed by atoms with Crippen molar-refractivity contribution in [3.05, 3.63) is 0 Å². The Kier molecular flexibility index (Phi) is 9.20. The number of carbonyl (C=O) groups excluding carboxylic acids is 1. The molecule has 4 nitrogen and oxygen atoms in total. The average molecular weight is 500 g/mol. The molecule has 10 heteroatoms. The molecule has 3 fully saturated rings. The Balaban J connectivity index is 1.64. The Morgan fingerprint density at radius 1 is 0.941 bits per heavy atom. The molecule has 1 saturated heterocycles. The van der Waals surface area contributed by atoms with Crippen LogP contribution in [0.4, 0.5) is 26.3 Å². The molecule has 2 saturated carbocycles. The molecular formula is C24H39F6N3O. The lowest BCUT2D eigenvalue weighted by Gasteiger charge is -2.42. The van der Waals surface area contributed by atoms with E-state index in [0.29, 0.717) is 5.92 Å². The second kappa shape index (κ2) is 11.4. The van der Waals surface area contributed by atoms with E-state index in [1.807, 2.05) is 0 Å². The molecule has 3 aliphatic rings. The van der Waals surface area contributed by atoms with Crippen LogP contribution in [0.2, 0.25) is 0 Å². The lowest BCUT2D eigenvalue weighted by molar-refractivity contribution is -0.229. The largest absolute Gasteiger partial charge is 0.391 e. The van der Waals surface area contributed by atoms with Gasteiger partial charge in [0, 0.05) is 39.8 Å². The van der Waals surface area contributed by atoms with Crippen molar-refractivity contribution in [3.8, 4) is 0 Å². The minimum atomic E-state index is -4.63. The van der Waals surface area contributed by atoms with Crippen LogP contribution in [0.5, 0.6) is 0 Å². The van der Waals surface area contributed by atoms with Crippen molar-refractivity contribution < 1.29 is 31.1 Å². The zero-order valence-corrected chi connectivity index (χ0v) is 20.2. The molecule has 1 heterocycles. The summed E-state index contributed by atoms with van der Waals surface area (Å²) in [5.41, 5.74) is 0. The molecule has 3 unspecified atom stereocenters. The Hall–Kier alpha value is -1.03. The average Bonchev–Trinajstić information content (AvgIpc) is 2.78. The highest BCUT2D eigenvalue weighted by molar-refractivity contribution is 5.82. The van der Waals surface area contributed by atoms with Crippen molar-refractivity contribution in [1.29, 1.82) is 0 Å². The molecule has 34 heavy (non-hydrogen) atoms. The van der Waals surface area contributed by atoms with Crippen LogP contribution in [0.25, 0.3) is 0 Å². The first-order valence-corrected chi connectivity index (χ1v) is 12.7. The topological polar surface area (TPSA) is 35.6 Å². The Labute approximate surface area is 198 Å². The van der Waals surface area contributed by atoms with Gasteiger partial charge in [-0.25, -0.2) is 0 Å². The SMILES string of the molecule is CC1CCC(C(C(=O)N(C)CCC2CC(C(F)(F)F)CC(C(F)(F)F)C2)N2CCNCC2)CC1. The standard InChI is InChI=1S/C24H39F6N3O/c1-16-3-5-18(6-4-16)21(33-11-8-31-9-12-33)22(34)32(2)10-7-17-13-19(23(25,26)27)15-20(14-17)24(28,29)30/h16-21,31H,3-15H2,1-2H3. The molecule has 2 aliphatic carbocycles. The van der Waals surface area contributed by atoms with E-state index in [0.717, 1.165) is 51.9 Å². The first-order chi connectivity index (χ1) is 15.9. The van der Waals surface area contributed by atoms with E-state index >= 15 is 0 Å². The van der Waals surface area contributed by atoms with E-state index in [2.05, 4.69) is 17.1 Å². The number of carbonyl (C=O) groups is 1. The molecule has 0 radical (unpaired) electrons. The maximum absolute atomic E-state index is 13.5. The summed E-state index contributed by atoms with van der Waals surface area (Å²) in [6, 6.07) is -0.267. The zero-order chi connectivity index (χ0) is 25.1. The van der Waals surface area contributed by atoms with E-state index in [-0.39, 0.29) is 43.7 Å². The Morgan fingerprint density at radius 2 is 1.47 bits per heavy atom. The van der Waals surface area contributed by atoms with E-state index in [9.17, 15) is 31.1 Å². The molecule has 3 atom stereocenters. The molecule has 198 valence electrons. The van der Waals surface area contributed by atoms with Crippen LogP contribution in [0.1, 0.15) is 58.3 Å². The quantitative estimate of drug-likeness (QED) is 0.517. The van der Waals surface area contributed by atoms with Crippen LogP contribution in [-0.2, 0) is 4.79 Å². The number of alkyl halides is 6. The molecule has 1 amide bonds. The Morgan fingerprint density at radius 3 is 1.97 bits per heavy atom. The van der Waals surface area contributed by atoms with Gasteiger partial charge in [0.15, 0.2) is 0 Å². The van der Waals surface area contributed by atoms with Gasteiger partial charge in [0.25, 0.3) is 0 Å². The fraction of sp³-hybridized carbons (Fsp3) is 0.958. The van der Waals surface area contributed by atoms with E-state index in [1.165, 1.54) is 0 Å². The molecule has 1 aliphatic heterocycles. The van der Waals surface area contributed by atoms with Gasteiger partial charge in [0.2, 0.25) is 5.91 Å². The third-order valence-electron chi connectivity index (χ3n) is 8.28. The van der Waals surface area contributed by atoms with E-state index < -0.39 is 36.5 Å². The molecule has 0 aromatic rings. The second-order valence-corrected chi connectivity index (χ2v) is 10.8. The van der Waals surface area contributed by atoms with Crippen molar-refractivity contribution in [2.45, 2.75) is 76.7 Å². The van der Waals surface area contributed by atoms with Gasteiger partial charge < -0.3 is 10.2 Å². The smallest absolute Gasteiger partial charge is 0.344 e. The Bertz CT molecular complexity index is 634. The summed E-state index contributed by atoms with van der Waals surface area (Å²) < 4.78 is 79.8. The summed E-state index contributed by atoms with van der Waals surface area (Å²) in [5, 5.41) is 3.30.